The third-order valence-electron chi connectivity index (χ3n) is 3.31. The molecule has 1 aliphatic rings. The van der Waals surface area contributed by atoms with E-state index in [1.54, 1.807) is 0 Å². The van der Waals surface area contributed by atoms with Crippen LogP contribution in [0.25, 0.3) is 0 Å². The molecule has 17 heavy (non-hydrogen) atoms. The largest absolute Gasteiger partial charge is 0.493 e. The quantitative estimate of drug-likeness (QED) is 0.784. The van der Waals surface area contributed by atoms with Gasteiger partial charge in [-0.2, -0.15) is 0 Å². The molecule has 0 heterocycles. The van der Waals surface area contributed by atoms with Crippen LogP contribution in [-0.4, -0.2) is 17.8 Å². The van der Waals surface area contributed by atoms with E-state index >= 15 is 0 Å². The van der Waals surface area contributed by atoms with Crippen LogP contribution in [-0.2, 0) is 0 Å². The molecule has 1 N–H and O–H groups in total. The van der Waals surface area contributed by atoms with Gasteiger partial charge in [0.1, 0.15) is 5.75 Å². The van der Waals surface area contributed by atoms with Crippen LogP contribution in [0.3, 0.4) is 0 Å². The van der Waals surface area contributed by atoms with Gasteiger partial charge in [0.15, 0.2) is 0 Å². The molecule has 2 nitrogen and oxygen atoms in total. The summed E-state index contributed by atoms with van der Waals surface area (Å²) in [5.74, 6) is 1.81. The Labute approximate surface area is 104 Å². The van der Waals surface area contributed by atoms with Crippen molar-refractivity contribution >= 4 is 0 Å². The highest BCUT2D eigenvalue weighted by atomic mass is 16.5. The van der Waals surface area contributed by atoms with E-state index in [-0.39, 0.29) is 6.10 Å². The number of aryl methyl sites for hydroxylation is 1. The standard InChI is InChI=1S/C15H22O2/c1-12-3-2-4-15(11-12)17-10-9-14(16)8-7-13-5-6-13/h2-4,11,13-14,16H,5-10H2,1H3. The average molecular weight is 234 g/mol. The van der Waals surface area contributed by atoms with E-state index in [2.05, 4.69) is 13.0 Å². The van der Waals surface area contributed by atoms with Crippen LogP contribution in [0.2, 0.25) is 0 Å². The summed E-state index contributed by atoms with van der Waals surface area (Å²) in [5, 5.41) is 9.78. The van der Waals surface area contributed by atoms with Crippen LogP contribution in [0.5, 0.6) is 5.75 Å². The Kier molecular flexibility index (Phi) is 4.43. The molecule has 1 fully saturated rings. The number of aliphatic hydroxyl groups is 1. The first-order valence-corrected chi connectivity index (χ1v) is 6.61. The molecule has 0 amide bonds. The average Bonchev–Trinajstić information content (AvgIpc) is 3.10. The molecule has 1 aromatic carbocycles. The summed E-state index contributed by atoms with van der Waals surface area (Å²) in [6.07, 6.45) is 5.40. The molecule has 0 spiro atoms. The van der Waals surface area contributed by atoms with Crippen molar-refractivity contribution in [3.05, 3.63) is 29.8 Å². The smallest absolute Gasteiger partial charge is 0.119 e. The summed E-state index contributed by atoms with van der Waals surface area (Å²) in [4.78, 5) is 0. The Morgan fingerprint density at radius 3 is 2.88 bits per heavy atom. The van der Waals surface area contributed by atoms with E-state index in [4.69, 9.17) is 4.74 Å². The van der Waals surface area contributed by atoms with Gasteiger partial charge in [-0.25, -0.2) is 0 Å². The van der Waals surface area contributed by atoms with Gasteiger partial charge in [0.2, 0.25) is 0 Å². The lowest BCUT2D eigenvalue weighted by Gasteiger charge is -2.11. The normalized spacial score (nSPS) is 16.8. The molecular formula is C15H22O2. The van der Waals surface area contributed by atoms with Gasteiger partial charge in [0.05, 0.1) is 12.7 Å². The van der Waals surface area contributed by atoms with Gasteiger partial charge in [-0.05, 0) is 43.4 Å². The number of hydrogen-bond donors (Lipinski definition) is 1. The molecule has 0 saturated heterocycles. The fourth-order valence-corrected chi connectivity index (χ4v) is 2.00. The van der Waals surface area contributed by atoms with Crippen molar-refractivity contribution in [3.63, 3.8) is 0 Å². The fraction of sp³-hybridized carbons (Fsp3) is 0.600. The number of benzene rings is 1. The number of rotatable bonds is 7. The van der Waals surface area contributed by atoms with Crippen molar-refractivity contribution in [1.82, 2.24) is 0 Å². The number of hydrogen-bond acceptors (Lipinski definition) is 2. The summed E-state index contributed by atoms with van der Waals surface area (Å²) in [6, 6.07) is 8.03. The van der Waals surface area contributed by atoms with E-state index in [1.807, 2.05) is 18.2 Å². The lowest BCUT2D eigenvalue weighted by molar-refractivity contribution is 0.127. The highest BCUT2D eigenvalue weighted by molar-refractivity contribution is 5.27. The Balaban J connectivity index is 1.61. The Bertz CT molecular complexity index is 345. The zero-order chi connectivity index (χ0) is 12.1. The molecule has 1 atom stereocenters. The molecule has 2 rings (SSSR count). The Hall–Kier alpha value is -1.02. The third-order valence-corrected chi connectivity index (χ3v) is 3.31. The molecule has 1 aromatic rings. The highest BCUT2D eigenvalue weighted by Gasteiger charge is 2.21. The highest BCUT2D eigenvalue weighted by Crippen LogP contribution is 2.34. The van der Waals surface area contributed by atoms with Gasteiger partial charge in [-0.1, -0.05) is 25.0 Å². The van der Waals surface area contributed by atoms with Gasteiger partial charge < -0.3 is 9.84 Å². The van der Waals surface area contributed by atoms with Gasteiger partial charge >= 0.3 is 0 Å². The van der Waals surface area contributed by atoms with Crippen molar-refractivity contribution in [2.75, 3.05) is 6.61 Å². The predicted octanol–water partition coefficient (Wildman–Crippen LogP) is 3.32. The second-order valence-corrected chi connectivity index (χ2v) is 5.13. The SMILES string of the molecule is Cc1cccc(OCCC(O)CCC2CC2)c1. The molecule has 0 aliphatic heterocycles. The van der Waals surface area contributed by atoms with Crippen molar-refractivity contribution in [1.29, 1.82) is 0 Å². The van der Waals surface area contributed by atoms with Crippen LogP contribution in [0, 0.1) is 12.8 Å². The molecule has 0 aromatic heterocycles. The van der Waals surface area contributed by atoms with E-state index in [0.29, 0.717) is 6.61 Å². The monoisotopic (exact) mass is 234 g/mol. The summed E-state index contributed by atoms with van der Waals surface area (Å²) >= 11 is 0. The Morgan fingerprint density at radius 1 is 1.35 bits per heavy atom. The maximum Gasteiger partial charge on any atom is 0.119 e. The predicted molar refractivity (Wildman–Crippen MR) is 69.3 cm³/mol. The lowest BCUT2D eigenvalue weighted by atomic mass is 10.1. The van der Waals surface area contributed by atoms with E-state index in [9.17, 15) is 5.11 Å². The van der Waals surface area contributed by atoms with Gasteiger partial charge in [-0.3, -0.25) is 0 Å². The van der Waals surface area contributed by atoms with E-state index in [0.717, 1.165) is 24.5 Å². The summed E-state index contributed by atoms with van der Waals surface area (Å²) < 4.78 is 5.62. The van der Waals surface area contributed by atoms with Crippen LogP contribution in [0.1, 0.15) is 37.7 Å². The minimum Gasteiger partial charge on any atom is -0.493 e. The lowest BCUT2D eigenvalue weighted by Crippen LogP contribution is -2.12. The number of ether oxygens (including phenoxy) is 1. The summed E-state index contributed by atoms with van der Waals surface area (Å²) in [6.45, 7) is 2.66. The molecular weight excluding hydrogens is 212 g/mol. The molecule has 0 radical (unpaired) electrons. The minimum atomic E-state index is -0.194. The fourth-order valence-electron chi connectivity index (χ4n) is 2.00. The first-order chi connectivity index (χ1) is 8.24. The molecule has 0 bridgehead atoms. The maximum absolute atomic E-state index is 9.78. The van der Waals surface area contributed by atoms with Crippen LogP contribution in [0.15, 0.2) is 24.3 Å². The van der Waals surface area contributed by atoms with E-state index < -0.39 is 0 Å². The van der Waals surface area contributed by atoms with Crippen LogP contribution >= 0.6 is 0 Å². The topological polar surface area (TPSA) is 29.5 Å². The first-order valence-electron chi connectivity index (χ1n) is 6.61. The zero-order valence-corrected chi connectivity index (χ0v) is 10.6. The van der Waals surface area contributed by atoms with Crippen molar-refractivity contribution < 1.29 is 9.84 Å². The summed E-state index contributed by atoms with van der Waals surface area (Å²) in [5.41, 5.74) is 1.21. The molecule has 2 heteroatoms. The number of aliphatic hydroxyl groups excluding tert-OH is 1. The zero-order valence-electron chi connectivity index (χ0n) is 10.6. The van der Waals surface area contributed by atoms with Gasteiger partial charge in [0.25, 0.3) is 0 Å². The van der Waals surface area contributed by atoms with Gasteiger partial charge in [-0.15, -0.1) is 0 Å². The van der Waals surface area contributed by atoms with Crippen molar-refractivity contribution in [3.8, 4) is 5.75 Å². The summed E-state index contributed by atoms with van der Waals surface area (Å²) in [7, 11) is 0. The van der Waals surface area contributed by atoms with Crippen LogP contribution in [0.4, 0.5) is 0 Å². The Morgan fingerprint density at radius 2 is 2.18 bits per heavy atom. The third kappa shape index (κ3) is 4.78. The molecule has 1 aliphatic carbocycles. The second kappa shape index (κ2) is 6.06. The second-order valence-electron chi connectivity index (χ2n) is 5.13. The van der Waals surface area contributed by atoms with Gasteiger partial charge in [0, 0.05) is 6.42 Å². The molecule has 1 unspecified atom stereocenters. The van der Waals surface area contributed by atoms with Crippen LogP contribution < -0.4 is 4.74 Å². The van der Waals surface area contributed by atoms with Crippen molar-refractivity contribution in [2.45, 2.75) is 45.1 Å². The minimum absolute atomic E-state index is 0.194. The molecule has 94 valence electrons. The van der Waals surface area contributed by atoms with E-state index in [1.165, 1.54) is 24.8 Å². The van der Waals surface area contributed by atoms with Crippen molar-refractivity contribution in [2.24, 2.45) is 5.92 Å². The molecule has 1 saturated carbocycles. The maximum atomic E-state index is 9.78. The first kappa shape index (κ1) is 12.4.